The van der Waals surface area contributed by atoms with Crippen LogP contribution in [-0.4, -0.2) is 14.9 Å². The molecule has 1 heterocycles. The van der Waals surface area contributed by atoms with Crippen LogP contribution in [0.5, 0.6) is 0 Å². The number of hydrogen-bond donors (Lipinski definition) is 1. The first kappa shape index (κ1) is 17.6. The number of pyridine rings is 1. The maximum Gasteiger partial charge on any atom is 0.135 e. The van der Waals surface area contributed by atoms with E-state index < -0.39 is 16.5 Å². The quantitative estimate of drug-likeness (QED) is 0.570. The lowest BCUT2D eigenvalue weighted by Gasteiger charge is -2.30. The first-order valence-electron chi connectivity index (χ1n) is 6.52. The van der Waals surface area contributed by atoms with Crippen LogP contribution in [-0.2, 0) is 16.5 Å². The van der Waals surface area contributed by atoms with Crippen molar-refractivity contribution < 1.29 is 4.21 Å². The Kier molecular flexibility index (Phi) is 7.17. The van der Waals surface area contributed by atoms with Gasteiger partial charge in [0.1, 0.15) is 10.3 Å². The Bertz CT molecular complexity index is 496. The van der Waals surface area contributed by atoms with Crippen LogP contribution in [0.4, 0.5) is 0 Å². The van der Waals surface area contributed by atoms with Crippen LogP contribution in [0.3, 0.4) is 0 Å². The molecular formula is C14H20Cl2N2OS. The molecule has 0 aliphatic heterocycles. The molecule has 0 saturated heterocycles. The molecule has 0 radical (unpaired) electrons. The Hall–Kier alpha value is -0.420. The minimum absolute atomic E-state index is 0.321. The van der Waals surface area contributed by atoms with E-state index in [0.29, 0.717) is 22.5 Å². The van der Waals surface area contributed by atoms with E-state index in [1.165, 1.54) is 0 Å². The topological polar surface area (TPSA) is 42.0 Å². The molecule has 2 unspecified atom stereocenters. The van der Waals surface area contributed by atoms with Gasteiger partial charge in [-0.25, -0.2) is 13.9 Å². The van der Waals surface area contributed by atoms with Crippen molar-refractivity contribution in [3.8, 4) is 0 Å². The van der Waals surface area contributed by atoms with Gasteiger partial charge in [-0.1, -0.05) is 48.7 Å². The lowest BCUT2D eigenvalue weighted by atomic mass is 9.91. The van der Waals surface area contributed by atoms with Gasteiger partial charge in [-0.05, 0) is 25.8 Å². The van der Waals surface area contributed by atoms with Gasteiger partial charge in [0.2, 0.25) is 0 Å². The van der Waals surface area contributed by atoms with E-state index in [4.69, 9.17) is 23.2 Å². The maximum absolute atomic E-state index is 12.1. The zero-order valence-corrected chi connectivity index (χ0v) is 14.1. The molecule has 0 fully saturated rings. The summed E-state index contributed by atoms with van der Waals surface area (Å²) in [6.07, 6.45) is 4.29. The van der Waals surface area contributed by atoms with Crippen molar-refractivity contribution in [2.45, 2.75) is 38.6 Å². The highest BCUT2D eigenvalue weighted by Crippen LogP contribution is 2.31. The summed E-state index contributed by atoms with van der Waals surface area (Å²) in [6.45, 7) is 7.77. The van der Waals surface area contributed by atoms with Crippen LogP contribution in [0.25, 0.3) is 0 Å². The van der Waals surface area contributed by atoms with E-state index in [9.17, 15) is 4.21 Å². The van der Waals surface area contributed by atoms with Crippen molar-refractivity contribution in [3.63, 3.8) is 0 Å². The summed E-state index contributed by atoms with van der Waals surface area (Å²) in [4.78, 5) is 4.05. The van der Waals surface area contributed by atoms with Gasteiger partial charge >= 0.3 is 0 Å². The van der Waals surface area contributed by atoms with Gasteiger partial charge in [0.15, 0.2) is 0 Å². The molecule has 0 spiro atoms. The van der Waals surface area contributed by atoms with E-state index in [1.54, 1.807) is 12.1 Å². The average Bonchev–Trinajstić information content (AvgIpc) is 2.36. The minimum Gasteiger partial charge on any atom is -0.243 e. The molecule has 0 aromatic carbocycles. The summed E-state index contributed by atoms with van der Waals surface area (Å²) in [6, 6.07) is 3.49. The number of aromatic nitrogens is 1. The van der Waals surface area contributed by atoms with E-state index >= 15 is 0 Å². The van der Waals surface area contributed by atoms with Crippen LogP contribution < -0.4 is 4.72 Å². The van der Waals surface area contributed by atoms with E-state index in [-0.39, 0.29) is 0 Å². The van der Waals surface area contributed by atoms with Crippen molar-refractivity contribution in [2.75, 3.05) is 5.75 Å². The highest BCUT2D eigenvalue weighted by atomic mass is 35.5. The van der Waals surface area contributed by atoms with E-state index in [2.05, 4.69) is 23.2 Å². The molecule has 0 amide bonds. The van der Waals surface area contributed by atoms with Crippen molar-refractivity contribution >= 4 is 34.2 Å². The predicted molar refractivity (Wildman–Crippen MR) is 87.5 cm³/mol. The molecule has 0 bridgehead atoms. The highest BCUT2D eigenvalue weighted by Gasteiger charge is 2.30. The second-order valence-corrected chi connectivity index (χ2v) is 6.85. The van der Waals surface area contributed by atoms with E-state index in [0.717, 1.165) is 18.4 Å². The number of unbranched alkanes of at least 4 members (excludes halogenated alkanes) is 1. The third kappa shape index (κ3) is 4.85. The molecule has 112 valence electrons. The molecule has 2 atom stereocenters. The molecule has 0 aliphatic carbocycles. The maximum atomic E-state index is 12.1. The Morgan fingerprint density at radius 1 is 1.50 bits per heavy atom. The minimum atomic E-state index is -1.12. The summed E-state index contributed by atoms with van der Waals surface area (Å²) in [5, 5.41) is 0.661. The lowest BCUT2D eigenvalue weighted by Crippen LogP contribution is -2.41. The fourth-order valence-electron chi connectivity index (χ4n) is 1.90. The molecular weight excluding hydrogens is 315 g/mol. The second kappa shape index (κ2) is 8.13. The van der Waals surface area contributed by atoms with Gasteiger partial charge < -0.3 is 0 Å². The van der Waals surface area contributed by atoms with Crippen molar-refractivity contribution in [1.29, 1.82) is 0 Å². The van der Waals surface area contributed by atoms with Crippen LogP contribution in [0.1, 0.15) is 38.7 Å². The third-order valence-corrected chi connectivity index (χ3v) is 4.82. The number of nitrogens with one attached hydrogen (secondary N) is 1. The normalized spacial score (nSPS) is 15.6. The highest BCUT2D eigenvalue weighted by molar-refractivity contribution is 7.83. The van der Waals surface area contributed by atoms with Crippen molar-refractivity contribution in [2.24, 2.45) is 0 Å². The summed E-state index contributed by atoms with van der Waals surface area (Å²) < 4.78 is 15.3. The Morgan fingerprint density at radius 2 is 2.20 bits per heavy atom. The predicted octanol–water partition coefficient (Wildman–Crippen LogP) is 4.23. The van der Waals surface area contributed by atoms with Gasteiger partial charge in [-0.15, -0.1) is 6.58 Å². The molecule has 20 heavy (non-hydrogen) atoms. The smallest absolute Gasteiger partial charge is 0.135 e. The second-order valence-electron chi connectivity index (χ2n) is 4.80. The molecule has 1 rings (SSSR count). The van der Waals surface area contributed by atoms with Gasteiger partial charge in [-0.2, -0.15) is 0 Å². The molecule has 3 nitrogen and oxygen atoms in total. The summed E-state index contributed by atoms with van der Waals surface area (Å²) in [7, 11) is -1.12. The van der Waals surface area contributed by atoms with Crippen molar-refractivity contribution in [1.82, 2.24) is 9.71 Å². The zero-order valence-electron chi connectivity index (χ0n) is 11.8. The fraction of sp³-hybridized carbons (Fsp3) is 0.500. The van der Waals surface area contributed by atoms with E-state index in [1.807, 2.05) is 13.0 Å². The van der Waals surface area contributed by atoms with Crippen LogP contribution in [0.2, 0.25) is 10.3 Å². The summed E-state index contributed by atoms with van der Waals surface area (Å²) in [5.41, 5.74) is 0.197. The van der Waals surface area contributed by atoms with Gasteiger partial charge in [0, 0.05) is 11.3 Å². The molecule has 0 aliphatic rings. The Morgan fingerprint density at radius 3 is 2.75 bits per heavy atom. The molecule has 1 aromatic heterocycles. The molecule has 0 saturated carbocycles. The fourth-order valence-corrected chi connectivity index (χ4v) is 3.80. The lowest BCUT2D eigenvalue weighted by molar-refractivity contribution is 0.451. The third-order valence-electron chi connectivity index (χ3n) is 2.98. The number of nitrogens with zero attached hydrogens (tertiary/aromatic N) is 1. The Balaban J connectivity index is 3.01. The SMILES string of the molecule is C=CCC(C)(NS(=O)CCCC)c1ccc(Cl)nc1Cl. The summed E-state index contributed by atoms with van der Waals surface area (Å²) in [5.74, 6) is 0.613. The monoisotopic (exact) mass is 334 g/mol. The summed E-state index contributed by atoms with van der Waals surface area (Å²) >= 11 is 12.0. The molecule has 1 aromatic rings. The molecule has 6 heteroatoms. The van der Waals surface area contributed by atoms with Gasteiger partial charge in [-0.3, -0.25) is 0 Å². The van der Waals surface area contributed by atoms with Crippen LogP contribution >= 0.6 is 23.2 Å². The van der Waals surface area contributed by atoms with Crippen molar-refractivity contribution in [3.05, 3.63) is 40.7 Å². The number of halogens is 2. The zero-order chi connectivity index (χ0) is 15.2. The number of hydrogen-bond acceptors (Lipinski definition) is 2. The standard InChI is InChI=1S/C14H20Cl2N2OS/c1-4-6-10-20(19)18-14(3,9-5-2)11-7-8-12(15)17-13(11)16/h5,7-8,18H,2,4,6,9-10H2,1,3H3. The largest absolute Gasteiger partial charge is 0.243 e. The molecule has 1 N–H and O–H groups in total. The van der Waals surface area contributed by atoms with Gasteiger partial charge in [0.25, 0.3) is 0 Å². The van der Waals surface area contributed by atoms with Crippen LogP contribution in [0, 0.1) is 0 Å². The first-order chi connectivity index (χ1) is 9.42. The number of rotatable bonds is 8. The first-order valence-corrected chi connectivity index (χ1v) is 8.60. The Labute approximate surface area is 133 Å². The van der Waals surface area contributed by atoms with Crippen LogP contribution in [0.15, 0.2) is 24.8 Å². The van der Waals surface area contributed by atoms with Gasteiger partial charge in [0.05, 0.1) is 16.5 Å². The average molecular weight is 335 g/mol.